The van der Waals surface area contributed by atoms with E-state index in [1.807, 2.05) is 24.3 Å². The molecule has 0 unspecified atom stereocenters. The summed E-state index contributed by atoms with van der Waals surface area (Å²) in [7, 11) is 1.60. The first-order chi connectivity index (χ1) is 13.0. The fourth-order valence-electron chi connectivity index (χ4n) is 2.16. The van der Waals surface area contributed by atoms with E-state index in [2.05, 4.69) is 20.5 Å². The van der Waals surface area contributed by atoms with Crippen molar-refractivity contribution in [3.05, 3.63) is 51.5 Å². The van der Waals surface area contributed by atoms with E-state index in [0.29, 0.717) is 21.7 Å². The molecule has 0 saturated heterocycles. The van der Waals surface area contributed by atoms with E-state index < -0.39 is 0 Å². The Labute approximate surface area is 174 Å². The van der Waals surface area contributed by atoms with Gasteiger partial charge in [0.1, 0.15) is 5.75 Å². The molecule has 0 fully saturated rings. The van der Waals surface area contributed by atoms with Crippen molar-refractivity contribution in [3.63, 3.8) is 0 Å². The van der Waals surface area contributed by atoms with Crippen molar-refractivity contribution in [2.24, 2.45) is 0 Å². The number of halogens is 3. The number of thioether (sulfide) groups is 1. The van der Waals surface area contributed by atoms with E-state index in [9.17, 15) is 4.79 Å². The molecule has 0 aliphatic rings. The number of amides is 1. The molecule has 0 spiro atoms. The van der Waals surface area contributed by atoms with E-state index in [0.717, 1.165) is 11.3 Å². The average Bonchev–Trinajstić information content (AvgIpc) is 3.12. The molecule has 3 aromatic rings. The standard InChI is InChI=1S/C17H13Cl3N4O2S/c1-26-11-4-2-9(3-5-11)16-22-17(24-23-16)27-8-14(25)21-15-12(19)6-10(18)7-13(15)20/h2-7H,8H2,1H3,(H,21,25)(H,22,23,24). The molecule has 0 bridgehead atoms. The van der Waals surface area contributed by atoms with Gasteiger partial charge in [-0.25, -0.2) is 4.98 Å². The van der Waals surface area contributed by atoms with E-state index in [4.69, 9.17) is 39.5 Å². The number of carbonyl (C=O) groups excluding carboxylic acids is 1. The van der Waals surface area contributed by atoms with Gasteiger partial charge in [-0.05, 0) is 36.4 Å². The summed E-state index contributed by atoms with van der Waals surface area (Å²) >= 11 is 19.2. The normalized spacial score (nSPS) is 10.7. The van der Waals surface area contributed by atoms with Gasteiger partial charge in [-0.3, -0.25) is 9.89 Å². The van der Waals surface area contributed by atoms with Crippen LogP contribution in [0.15, 0.2) is 41.6 Å². The van der Waals surface area contributed by atoms with Crippen molar-refractivity contribution in [1.29, 1.82) is 0 Å². The topological polar surface area (TPSA) is 79.9 Å². The second-order valence-electron chi connectivity index (χ2n) is 5.28. The number of aromatic amines is 1. The molecule has 10 heteroatoms. The van der Waals surface area contributed by atoms with Gasteiger partial charge in [0, 0.05) is 10.6 Å². The third-order valence-corrected chi connectivity index (χ3v) is 5.09. The quantitative estimate of drug-likeness (QED) is 0.514. The van der Waals surface area contributed by atoms with Crippen LogP contribution < -0.4 is 10.1 Å². The minimum Gasteiger partial charge on any atom is -0.497 e. The number of aromatic nitrogens is 3. The fraction of sp³-hybridized carbons (Fsp3) is 0.118. The molecule has 1 amide bonds. The highest BCUT2D eigenvalue weighted by atomic mass is 35.5. The first kappa shape index (κ1) is 19.8. The Balaban J connectivity index is 1.60. The second-order valence-corrected chi connectivity index (χ2v) is 7.47. The third kappa shape index (κ3) is 5.07. The highest BCUT2D eigenvalue weighted by Gasteiger charge is 2.13. The van der Waals surface area contributed by atoms with Gasteiger partial charge in [0.25, 0.3) is 0 Å². The Kier molecular flexibility index (Phi) is 6.49. The molecule has 140 valence electrons. The summed E-state index contributed by atoms with van der Waals surface area (Å²) in [5.74, 6) is 1.16. The minimum absolute atomic E-state index is 0.0925. The van der Waals surface area contributed by atoms with Crippen LogP contribution in [0.25, 0.3) is 11.4 Å². The van der Waals surface area contributed by atoms with Crippen LogP contribution in [0.5, 0.6) is 5.75 Å². The molecule has 2 N–H and O–H groups in total. The lowest BCUT2D eigenvalue weighted by Crippen LogP contribution is -2.14. The van der Waals surface area contributed by atoms with Crippen LogP contribution in [0, 0.1) is 0 Å². The summed E-state index contributed by atoms with van der Waals surface area (Å²) in [5.41, 5.74) is 1.18. The molecule has 3 rings (SSSR count). The number of rotatable bonds is 6. The summed E-state index contributed by atoms with van der Waals surface area (Å²) in [4.78, 5) is 16.5. The summed E-state index contributed by atoms with van der Waals surface area (Å²) in [6.07, 6.45) is 0. The number of carbonyl (C=O) groups is 1. The first-order valence-corrected chi connectivity index (χ1v) is 9.72. The van der Waals surface area contributed by atoms with E-state index in [1.165, 1.54) is 23.9 Å². The third-order valence-electron chi connectivity index (χ3n) is 3.43. The maximum absolute atomic E-state index is 12.2. The Bertz CT molecular complexity index is 940. The van der Waals surface area contributed by atoms with E-state index >= 15 is 0 Å². The van der Waals surface area contributed by atoms with Crippen molar-refractivity contribution in [2.45, 2.75) is 5.16 Å². The number of nitrogens with one attached hydrogen (secondary N) is 2. The summed E-state index contributed by atoms with van der Waals surface area (Å²) in [6, 6.07) is 10.4. The van der Waals surface area contributed by atoms with Crippen molar-refractivity contribution in [1.82, 2.24) is 15.2 Å². The smallest absolute Gasteiger partial charge is 0.234 e. The molecule has 2 aromatic carbocycles. The van der Waals surface area contributed by atoms with Gasteiger partial charge < -0.3 is 10.1 Å². The minimum atomic E-state index is -0.290. The van der Waals surface area contributed by atoms with Crippen LogP contribution in [0.4, 0.5) is 5.69 Å². The number of nitrogens with zero attached hydrogens (tertiary/aromatic N) is 2. The number of hydrogen-bond donors (Lipinski definition) is 2. The van der Waals surface area contributed by atoms with Crippen LogP contribution in [0.3, 0.4) is 0 Å². The highest BCUT2D eigenvalue weighted by molar-refractivity contribution is 7.99. The Morgan fingerprint density at radius 3 is 2.48 bits per heavy atom. The summed E-state index contributed by atoms with van der Waals surface area (Å²) in [6.45, 7) is 0. The zero-order valence-electron chi connectivity index (χ0n) is 13.9. The number of benzene rings is 2. The first-order valence-electron chi connectivity index (χ1n) is 7.60. The lowest BCUT2D eigenvalue weighted by molar-refractivity contribution is -0.113. The molecule has 0 saturated carbocycles. The number of hydrogen-bond acceptors (Lipinski definition) is 5. The number of methoxy groups -OCH3 is 1. The number of anilines is 1. The van der Waals surface area contributed by atoms with Gasteiger partial charge in [-0.15, -0.1) is 5.10 Å². The van der Waals surface area contributed by atoms with Gasteiger partial charge in [-0.1, -0.05) is 46.6 Å². The van der Waals surface area contributed by atoms with Crippen molar-refractivity contribution in [3.8, 4) is 17.1 Å². The summed E-state index contributed by atoms with van der Waals surface area (Å²) < 4.78 is 5.13. The van der Waals surface area contributed by atoms with Crippen LogP contribution >= 0.6 is 46.6 Å². The molecule has 1 heterocycles. The van der Waals surface area contributed by atoms with Gasteiger partial charge in [0.15, 0.2) is 5.82 Å². The van der Waals surface area contributed by atoms with Crippen molar-refractivity contribution < 1.29 is 9.53 Å². The van der Waals surface area contributed by atoms with Crippen LogP contribution in [0.1, 0.15) is 0 Å². The zero-order chi connectivity index (χ0) is 19.4. The van der Waals surface area contributed by atoms with E-state index in [-0.39, 0.29) is 21.7 Å². The lowest BCUT2D eigenvalue weighted by Gasteiger charge is -2.09. The molecule has 0 atom stereocenters. The zero-order valence-corrected chi connectivity index (χ0v) is 17.0. The molecule has 6 nitrogen and oxygen atoms in total. The van der Waals surface area contributed by atoms with Crippen LogP contribution in [0.2, 0.25) is 15.1 Å². The average molecular weight is 444 g/mol. The molecular formula is C17H13Cl3N4O2S. The molecule has 0 aliphatic carbocycles. The highest BCUT2D eigenvalue weighted by Crippen LogP contribution is 2.33. The predicted molar refractivity (Wildman–Crippen MR) is 109 cm³/mol. The Hall–Kier alpha value is -1.93. The fourth-order valence-corrected chi connectivity index (χ4v) is 3.67. The molecule has 27 heavy (non-hydrogen) atoms. The molecular weight excluding hydrogens is 431 g/mol. The monoisotopic (exact) mass is 442 g/mol. The van der Waals surface area contributed by atoms with Gasteiger partial charge >= 0.3 is 0 Å². The summed E-state index contributed by atoms with van der Waals surface area (Å²) in [5, 5.41) is 11.0. The van der Waals surface area contributed by atoms with Gasteiger partial charge in [0.05, 0.1) is 28.6 Å². The SMILES string of the molecule is COc1ccc(-c2nc(SCC(=O)Nc3c(Cl)cc(Cl)cc3Cl)n[nH]2)cc1. The largest absolute Gasteiger partial charge is 0.497 e. The van der Waals surface area contributed by atoms with Gasteiger partial charge in [-0.2, -0.15) is 0 Å². The second kappa shape index (κ2) is 8.84. The number of H-pyrrole nitrogens is 1. The van der Waals surface area contributed by atoms with Crippen molar-refractivity contribution in [2.75, 3.05) is 18.2 Å². The molecule has 0 radical (unpaired) electrons. The Morgan fingerprint density at radius 1 is 1.19 bits per heavy atom. The maximum Gasteiger partial charge on any atom is 0.234 e. The lowest BCUT2D eigenvalue weighted by atomic mass is 10.2. The Morgan fingerprint density at radius 2 is 1.85 bits per heavy atom. The predicted octanol–water partition coefficient (Wildman–Crippen LogP) is 5.17. The molecule has 0 aliphatic heterocycles. The van der Waals surface area contributed by atoms with Gasteiger partial charge in [0.2, 0.25) is 11.1 Å². The molecule has 1 aromatic heterocycles. The van der Waals surface area contributed by atoms with Crippen LogP contribution in [-0.2, 0) is 4.79 Å². The maximum atomic E-state index is 12.2. The van der Waals surface area contributed by atoms with Crippen LogP contribution in [-0.4, -0.2) is 34.0 Å². The number of ether oxygens (including phenoxy) is 1. The van der Waals surface area contributed by atoms with Crippen molar-refractivity contribution >= 4 is 58.2 Å². The van der Waals surface area contributed by atoms with E-state index in [1.54, 1.807) is 7.11 Å².